The Labute approximate surface area is 183 Å². The summed E-state index contributed by atoms with van der Waals surface area (Å²) in [4.78, 5) is 7.98. The van der Waals surface area contributed by atoms with Gasteiger partial charge in [0.1, 0.15) is 0 Å². The van der Waals surface area contributed by atoms with Crippen molar-refractivity contribution < 1.29 is 0 Å². The maximum absolute atomic E-state index is 9.01. The maximum Gasteiger partial charge on any atom is 0.191 e. The third kappa shape index (κ3) is 5.73. The van der Waals surface area contributed by atoms with Crippen molar-refractivity contribution in [1.82, 2.24) is 15.6 Å². The Balaban J connectivity index is 0.00000280. The van der Waals surface area contributed by atoms with Gasteiger partial charge in [-0.1, -0.05) is 24.3 Å². The van der Waals surface area contributed by atoms with E-state index in [-0.39, 0.29) is 24.0 Å². The number of H-pyrrole nitrogens is 1. The Morgan fingerprint density at radius 3 is 2.82 bits per heavy atom. The van der Waals surface area contributed by atoms with E-state index >= 15 is 0 Å². The molecule has 0 aliphatic heterocycles. The van der Waals surface area contributed by atoms with Gasteiger partial charge in [-0.3, -0.25) is 0 Å². The molecular weight excluding hydrogens is 461 g/mol. The molecule has 0 aliphatic rings. The molecule has 0 unspecified atom stereocenters. The van der Waals surface area contributed by atoms with Crippen molar-refractivity contribution in [1.29, 1.82) is 5.26 Å². The molecule has 0 saturated carbocycles. The van der Waals surface area contributed by atoms with Crippen molar-refractivity contribution >= 4 is 40.8 Å². The average molecular weight is 487 g/mol. The van der Waals surface area contributed by atoms with E-state index in [0.29, 0.717) is 12.1 Å². The molecule has 0 amide bonds. The third-order valence-electron chi connectivity index (χ3n) is 4.43. The average Bonchev–Trinajstić information content (AvgIpc) is 3.08. The Bertz CT molecular complexity index is 984. The molecule has 0 atom stereocenters. The number of hydrogen-bond acceptors (Lipinski definition) is 2. The first-order valence-corrected chi connectivity index (χ1v) is 9.27. The number of guanidine groups is 1. The molecule has 3 aromatic rings. The number of hydrogen-bond donors (Lipinski definition) is 3. The van der Waals surface area contributed by atoms with Gasteiger partial charge in [0.05, 0.1) is 18.2 Å². The summed E-state index contributed by atoms with van der Waals surface area (Å²) in [5.74, 6) is 0.788. The largest absolute Gasteiger partial charge is 0.361 e. The van der Waals surface area contributed by atoms with Gasteiger partial charge in [0.15, 0.2) is 5.96 Å². The van der Waals surface area contributed by atoms with E-state index in [1.165, 1.54) is 22.0 Å². The molecule has 0 aliphatic carbocycles. The molecule has 0 bridgehead atoms. The molecular formula is C22H26IN5. The monoisotopic (exact) mass is 487 g/mol. The zero-order valence-corrected chi connectivity index (χ0v) is 18.6. The van der Waals surface area contributed by atoms with Crippen LogP contribution in [0, 0.1) is 18.3 Å². The molecule has 0 radical (unpaired) electrons. The number of fused-ring (bicyclic) bond motifs is 1. The van der Waals surface area contributed by atoms with E-state index in [1.54, 1.807) is 6.07 Å². The van der Waals surface area contributed by atoms with E-state index in [1.807, 2.05) is 18.2 Å². The van der Waals surface area contributed by atoms with Crippen molar-refractivity contribution in [3.63, 3.8) is 0 Å². The van der Waals surface area contributed by atoms with Crippen molar-refractivity contribution in [3.05, 3.63) is 70.9 Å². The summed E-state index contributed by atoms with van der Waals surface area (Å²) in [6, 6.07) is 16.2. The number of aromatic amines is 1. The van der Waals surface area contributed by atoms with E-state index in [0.717, 1.165) is 31.0 Å². The maximum atomic E-state index is 9.01. The normalized spacial score (nSPS) is 11.0. The van der Waals surface area contributed by atoms with Crippen LogP contribution in [0.5, 0.6) is 0 Å². The lowest BCUT2D eigenvalue weighted by Crippen LogP contribution is -2.38. The molecule has 146 valence electrons. The predicted octanol–water partition coefficient (Wildman–Crippen LogP) is 4.26. The summed E-state index contributed by atoms with van der Waals surface area (Å²) in [6.45, 7) is 6.29. The van der Waals surface area contributed by atoms with Crippen LogP contribution in [0.15, 0.2) is 53.7 Å². The number of nitrogens with zero attached hydrogens (tertiary/aromatic N) is 2. The quantitative estimate of drug-likeness (QED) is 0.276. The van der Waals surface area contributed by atoms with E-state index in [4.69, 9.17) is 5.26 Å². The van der Waals surface area contributed by atoms with Gasteiger partial charge in [0.25, 0.3) is 0 Å². The van der Waals surface area contributed by atoms with Gasteiger partial charge in [-0.25, -0.2) is 4.99 Å². The number of nitrogens with one attached hydrogen (secondary N) is 3. The van der Waals surface area contributed by atoms with E-state index in [9.17, 15) is 0 Å². The SMILES string of the molecule is CCNC(=NCc1cccc(C#N)c1)NCCc1c[nH]c2cc(C)ccc12.I. The highest BCUT2D eigenvalue weighted by Gasteiger charge is 2.04. The first-order valence-electron chi connectivity index (χ1n) is 9.27. The van der Waals surface area contributed by atoms with Gasteiger partial charge in [0, 0.05) is 30.2 Å². The van der Waals surface area contributed by atoms with E-state index < -0.39 is 0 Å². The van der Waals surface area contributed by atoms with Crippen molar-refractivity contribution in [2.45, 2.75) is 26.8 Å². The molecule has 1 heterocycles. The zero-order chi connectivity index (χ0) is 19.1. The molecule has 3 rings (SSSR count). The molecule has 3 N–H and O–H groups in total. The first-order chi connectivity index (χ1) is 13.2. The summed E-state index contributed by atoms with van der Waals surface area (Å²) in [5.41, 5.74) is 5.43. The lowest BCUT2D eigenvalue weighted by Gasteiger charge is -2.11. The number of aliphatic imine (C=N–C) groups is 1. The van der Waals surface area contributed by atoms with Crippen LogP contribution in [-0.2, 0) is 13.0 Å². The fourth-order valence-corrected chi connectivity index (χ4v) is 3.07. The second-order valence-corrected chi connectivity index (χ2v) is 6.55. The number of halogens is 1. The topological polar surface area (TPSA) is 76.0 Å². The number of nitriles is 1. The minimum atomic E-state index is 0. The van der Waals surface area contributed by atoms with Crippen LogP contribution in [0.3, 0.4) is 0 Å². The highest BCUT2D eigenvalue weighted by Crippen LogP contribution is 2.19. The minimum Gasteiger partial charge on any atom is -0.361 e. The Hall–Kier alpha value is -2.53. The molecule has 5 nitrogen and oxygen atoms in total. The summed E-state index contributed by atoms with van der Waals surface area (Å²) in [5, 5.41) is 16.9. The second kappa shape index (κ2) is 10.7. The smallest absolute Gasteiger partial charge is 0.191 e. The molecule has 1 aromatic heterocycles. The zero-order valence-electron chi connectivity index (χ0n) is 16.2. The Morgan fingerprint density at radius 2 is 2.04 bits per heavy atom. The summed E-state index contributed by atoms with van der Waals surface area (Å²) >= 11 is 0. The molecule has 0 saturated heterocycles. The Kier molecular flexibility index (Phi) is 8.33. The highest BCUT2D eigenvalue weighted by atomic mass is 127. The van der Waals surface area contributed by atoms with Gasteiger partial charge in [-0.05, 0) is 55.2 Å². The lowest BCUT2D eigenvalue weighted by molar-refractivity contribution is 0.801. The second-order valence-electron chi connectivity index (χ2n) is 6.55. The van der Waals surface area contributed by atoms with Crippen LogP contribution in [0.25, 0.3) is 10.9 Å². The van der Waals surface area contributed by atoms with Crippen LogP contribution >= 0.6 is 24.0 Å². The molecule has 6 heteroatoms. The molecule has 2 aromatic carbocycles. The molecule has 0 spiro atoms. The fourth-order valence-electron chi connectivity index (χ4n) is 3.07. The van der Waals surface area contributed by atoms with Gasteiger partial charge in [-0.15, -0.1) is 24.0 Å². The standard InChI is InChI=1S/C22H25N5.HI/c1-3-24-22(27-14-18-6-4-5-17(12-18)13-23)25-10-9-19-15-26-21-11-16(2)7-8-20(19)21;/h4-8,11-12,15,26H,3,9-10,14H2,1-2H3,(H2,24,25,27);1H. The number of rotatable bonds is 6. The van der Waals surface area contributed by atoms with Crippen LogP contribution < -0.4 is 10.6 Å². The van der Waals surface area contributed by atoms with E-state index in [2.05, 4.69) is 64.9 Å². The van der Waals surface area contributed by atoms with Crippen LogP contribution in [0.1, 0.15) is 29.2 Å². The highest BCUT2D eigenvalue weighted by molar-refractivity contribution is 14.0. The van der Waals surface area contributed by atoms with Gasteiger partial charge in [-0.2, -0.15) is 5.26 Å². The number of aromatic nitrogens is 1. The van der Waals surface area contributed by atoms with Gasteiger partial charge >= 0.3 is 0 Å². The summed E-state index contributed by atoms with van der Waals surface area (Å²) < 4.78 is 0. The first kappa shape index (κ1) is 21.8. The molecule has 28 heavy (non-hydrogen) atoms. The van der Waals surface area contributed by atoms with Crippen molar-refractivity contribution in [3.8, 4) is 6.07 Å². The minimum absolute atomic E-state index is 0. The lowest BCUT2D eigenvalue weighted by atomic mass is 10.1. The van der Waals surface area contributed by atoms with Gasteiger partial charge in [0.2, 0.25) is 0 Å². The van der Waals surface area contributed by atoms with Crippen molar-refractivity contribution in [2.75, 3.05) is 13.1 Å². The van der Waals surface area contributed by atoms with Crippen molar-refractivity contribution in [2.24, 2.45) is 4.99 Å². The number of aryl methyl sites for hydroxylation is 1. The third-order valence-corrected chi connectivity index (χ3v) is 4.43. The summed E-state index contributed by atoms with van der Waals surface area (Å²) in [7, 11) is 0. The van der Waals surface area contributed by atoms with Crippen LogP contribution in [-0.4, -0.2) is 24.0 Å². The summed E-state index contributed by atoms with van der Waals surface area (Å²) in [6.07, 6.45) is 3.00. The van der Waals surface area contributed by atoms with Crippen LogP contribution in [0.2, 0.25) is 0 Å². The number of benzene rings is 2. The Morgan fingerprint density at radius 1 is 1.18 bits per heavy atom. The molecule has 0 fully saturated rings. The van der Waals surface area contributed by atoms with Crippen LogP contribution in [0.4, 0.5) is 0 Å². The predicted molar refractivity (Wildman–Crippen MR) is 126 cm³/mol. The van der Waals surface area contributed by atoms with Gasteiger partial charge < -0.3 is 15.6 Å². The fraction of sp³-hybridized carbons (Fsp3) is 0.273.